The number of allylic oxidation sites excluding steroid dienone is 1. The number of rotatable bonds is 6. The molecule has 0 spiro atoms. The molecule has 0 saturated carbocycles. The molecular formula is C33H34O2. The van der Waals surface area contributed by atoms with Gasteiger partial charge in [0.15, 0.2) is 0 Å². The molecule has 0 aromatic heterocycles. The molecule has 2 nitrogen and oxygen atoms in total. The predicted molar refractivity (Wildman–Crippen MR) is 147 cm³/mol. The first-order valence-corrected chi connectivity index (χ1v) is 12.6. The van der Waals surface area contributed by atoms with Gasteiger partial charge in [-0.05, 0) is 108 Å². The lowest BCUT2D eigenvalue weighted by molar-refractivity contribution is 0.414. The lowest BCUT2D eigenvalue weighted by Crippen LogP contribution is -2.21. The predicted octanol–water partition coefficient (Wildman–Crippen LogP) is 8.06. The van der Waals surface area contributed by atoms with Crippen LogP contribution in [0.1, 0.15) is 53.1 Å². The van der Waals surface area contributed by atoms with Crippen LogP contribution in [0.3, 0.4) is 0 Å². The van der Waals surface area contributed by atoms with Gasteiger partial charge in [0.25, 0.3) is 0 Å². The third-order valence-corrected chi connectivity index (χ3v) is 7.82. The minimum atomic E-state index is -0.307. The highest BCUT2D eigenvalue weighted by atomic mass is 16.5. The molecule has 0 heterocycles. The fraction of sp³-hybridized carbons (Fsp3) is 0.273. The van der Waals surface area contributed by atoms with Crippen molar-refractivity contribution in [2.75, 3.05) is 14.2 Å². The van der Waals surface area contributed by atoms with E-state index in [-0.39, 0.29) is 5.41 Å². The second kappa shape index (κ2) is 9.62. The Kier molecular flexibility index (Phi) is 6.38. The summed E-state index contributed by atoms with van der Waals surface area (Å²) in [5.74, 6) is 1.74. The van der Waals surface area contributed by atoms with Gasteiger partial charge in [-0.3, -0.25) is 0 Å². The fourth-order valence-electron chi connectivity index (χ4n) is 5.65. The average molecular weight is 463 g/mol. The van der Waals surface area contributed by atoms with E-state index < -0.39 is 0 Å². The van der Waals surface area contributed by atoms with Crippen molar-refractivity contribution in [1.29, 1.82) is 0 Å². The van der Waals surface area contributed by atoms with Gasteiger partial charge in [-0.2, -0.15) is 0 Å². The van der Waals surface area contributed by atoms with Crippen LogP contribution in [0.5, 0.6) is 11.5 Å². The van der Waals surface area contributed by atoms with E-state index in [1.54, 1.807) is 19.8 Å². The molecule has 4 aromatic rings. The Morgan fingerprint density at radius 1 is 0.686 bits per heavy atom. The minimum absolute atomic E-state index is 0.307. The Labute approximate surface area is 209 Å². The zero-order valence-electron chi connectivity index (χ0n) is 21.2. The van der Waals surface area contributed by atoms with Crippen molar-refractivity contribution in [3.8, 4) is 11.5 Å². The first-order chi connectivity index (χ1) is 17.0. The first-order valence-electron chi connectivity index (χ1n) is 12.6. The summed E-state index contributed by atoms with van der Waals surface area (Å²) in [7, 11) is 3.42. The summed E-state index contributed by atoms with van der Waals surface area (Å²) in [4.78, 5) is 0. The van der Waals surface area contributed by atoms with Gasteiger partial charge in [0.1, 0.15) is 11.5 Å². The summed E-state index contributed by atoms with van der Waals surface area (Å²) in [5.41, 5.74) is 8.01. The first kappa shape index (κ1) is 23.2. The van der Waals surface area contributed by atoms with Crippen LogP contribution in [0.4, 0.5) is 0 Å². The number of hydrogen-bond acceptors (Lipinski definition) is 2. The molecule has 0 amide bonds. The maximum atomic E-state index is 5.43. The van der Waals surface area contributed by atoms with Crippen LogP contribution in [0.15, 0.2) is 78.9 Å². The van der Waals surface area contributed by atoms with E-state index >= 15 is 0 Å². The van der Waals surface area contributed by atoms with Gasteiger partial charge in [0.05, 0.1) is 14.2 Å². The monoisotopic (exact) mass is 462 g/mol. The quantitative estimate of drug-likeness (QED) is 0.288. The van der Waals surface area contributed by atoms with Gasteiger partial charge in [-0.25, -0.2) is 0 Å². The van der Waals surface area contributed by atoms with Crippen LogP contribution in [0.25, 0.3) is 16.8 Å². The highest BCUT2D eigenvalue weighted by Gasteiger charge is 2.27. The van der Waals surface area contributed by atoms with E-state index in [1.807, 2.05) is 24.3 Å². The van der Waals surface area contributed by atoms with Gasteiger partial charge in [-0.1, -0.05) is 60.7 Å². The lowest BCUT2D eigenvalue weighted by atomic mass is 9.75. The molecule has 0 aliphatic heterocycles. The van der Waals surface area contributed by atoms with Crippen LogP contribution in [-0.2, 0) is 18.3 Å². The van der Waals surface area contributed by atoms with E-state index in [9.17, 15) is 0 Å². The van der Waals surface area contributed by atoms with E-state index in [1.165, 1.54) is 57.9 Å². The van der Waals surface area contributed by atoms with E-state index in [4.69, 9.17) is 9.47 Å². The topological polar surface area (TPSA) is 18.5 Å². The normalized spacial score (nSPS) is 13.7. The molecule has 35 heavy (non-hydrogen) atoms. The Bertz CT molecular complexity index is 1310. The number of aryl methyl sites for hydroxylation is 2. The molecule has 1 aliphatic rings. The highest BCUT2D eigenvalue weighted by Crippen LogP contribution is 2.39. The van der Waals surface area contributed by atoms with Gasteiger partial charge in [0, 0.05) is 5.41 Å². The Morgan fingerprint density at radius 3 is 1.74 bits per heavy atom. The highest BCUT2D eigenvalue weighted by molar-refractivity contribution is 5.93. The van der Waals surface area contributed by atoms with Gasteiger partial charge in [0.2, 0.25) is 0 Å². The van der Waals surface area contributed by atoms with Gasteiger partial charge >= 0.3 is 0 Å². The van der Waals surface area contributed by atoms with E-state index in [0.717, 1.165) is 17.9 Å². The SMILES string of the molecule is COc1ccc(C(C)(/C=C\c2c3c(c4ccccc4c2C)CCCC3)c2ccc(OC)cc2)cc1. The second-order valence-electron chi connectivity index (χ2n) is 9.74. The molecule has 4 aromatic carbocycles. The average Bonchev–Trinajstić information content (AvgIpc) is 2.93. The third kappa shape index (κ3) is 4.23. The summed E-state index contributed by atoms with van der Waals surface area (Å²) in [6.07, 6.45) is 9.65. The van der Waals surface area contributed by atoms with Crippen molar-refractivity contribution in [2.45, 2.75) is 44.9 Å². The molecule has 0 atom stereocenters. The fourth-order valence-corrected chi connectivity index (χ4v) is 5.65. The van der Waals surface area contributed by atoms with Crippen LogP contribution in [-0.4, -0.2) is 14.2 Å². The molecular weight excluding hydrogens is 428 g/mol. The summed E-state index contributed by atoms with van der Waals surface area (Å²) in [6, 6.07) is 25.8. The number of benzene rings is 4. The molecule has 0 fully saturated rings. The molecule has 0 N–H and O–H groups in total. The maximum Gasteiger partial charge on any atom is 0.118 e. The number of ether oxygens (including phenoxy) is 2. The molecule has 1 aliphatic carbocycles. The molecule has 2 heteroatoms. The number of hydrogen-bond donors (Lipinski definition) is 0. The Balaban J connectivity index is 1.68. The number of fused-ring (bicyclic) bond motifs is 3. The molecule has 0 bridgehead atoms. The smallest absolute Gasteiger partial charge is 0.118 e. The molecule has 178 valence electrons. The zero-order valence-corrected chi connectivity index (χ0v) is 21.2. The van der Waals surface area contributed by atoms with Crippen molar-refractivity contribution in [3.05, 3.63) is 112 Å². The summed E-state index contributed by atoms with van der Waals surface area (Å²) in [6.45, 7) is 4.59. The van der Waals surface area contributed by atoms with Crippen LogP contribution < -0.4 is 9.47 Å². The van der Waals surface area contributed by atoms with E-state index in [0.29, 0.717) is 0 Å². The molecule has 0 saturated heterocycles. The maximum absolute atomic E-state index is 5.43. The van der Waals surface area contributed by atoms with Crippen molar-refractivity contribution >= 4 is 16.8 Å². The van der Waals surface area contributed by atoms with Crippen molar-refractivity contribution in [1.82, 2.24) is 0 Å². The van der Waals surface area contributed by atoms with Crippen molar-refractivity contribution < 1.29 is 9.47 Å². The zero-order chi connectivity index (χ0) is 24.4. The molecule has 5 rings (SSSR count). The summed E-state index contributed by atoms with van der Waals surface area (Å²) < 4.78 is 10.9. The Hall–Kier alpha value is -3.52. The lowest BCUT2D eigenvalue weighted by Gasteiger charge is -2.29. The van der Waals surface area contributed by atoms with E-state index in [2.05, 4.69) is 74.5 Å². The van der Waals surface area contributed by atoms with Crippen LogP contribution >= 0.6 is 0 Å². The second-order valence-corrected chi connectivity index (χ2v) is 9.74. The minimum Gasteiger partial charge on any atom is -0.497 e. The van der Waals surface area contributed by atoms with Gasteiger partial charge in [-0.15, -0.1) is 0 Å². The largest absolute Gasteiger partial charge is 0.497 e. The Morgan fingerprint density at radius 2 is 1.20 bits per heavy atom. The van der Waals surface area contributed by atoms with Gasteiger partial charge < -0.3 is 9.47 Å². The van der Waals surface area contributed by atoms with Crippen LogP contribution in [0.2, 0.25) is 0 Å². The standard InChI is InChI=1S/C33H34O2/c1-23-28-9-5-6-10-30(28)32-12-8-7-11-31(32)29(23)21-22-33(2,24-13-17-26(34-3)18-14-24)25-15-19-27(35-4)20-16-25/h5-6,9-10,13-22H,7-8,11-12H2,1-4H3/b22-21-. The molecule has 0 unspecified atom stereocenters. The van der Waals surface area contributed by atoms with Crippen molar-refractivity contribution in [3.63, 3.8) is 0 Å². The third-order valence-electron chi connectivity index (χ3n) is 7.82. The molecule has 0 radical (unpaired) electrons. The van der Waals surface area contributed by atoms with Crippen molar-refractivity contribution in [2.24, 2.45) is 0 Å². The summed E-state index contributed by atoms with van der Waals surface area (Å²) in [5, 5.41) is 2.81. The number of methoxy groups -OCH3 is 2. The summed E-state index contributed by atoms with van der Waals surface area (Å²) >= 11 is 0. The van der Waals surface area contributed by atoms with Crippen LogP contribution in [0, 0.1) is 6.92 Å².